The highest BCUT2D eigenvalue weighted by Gasteiger charge is 2.33. The average molecular weight is 688 g/mol. The van der Waals surface area contributed by atoms with Gasteiger partial charge in [-0.1, -0.05) is 117 Å². The predicted octanol–water partition coefficient (Wildman–Crippen LogP) is 6.29. The van der Waals surface area contributed by atoms with E-state index in [4.69, 9.17) is 9.47 Å². The van der Waals surface area contributed by atoms with Crippen LogP contribution < -0.4 is 10.1 Å². The molecule has 0 aliphatic carbocycles. The summed E-state index contributed by atoms with van der Waals surface area (Å²) in [5.41, 5.74) is 4.07. The molecule has 0 unspecified atom stereocenters. The van der Waals surface area contributed by atoms with E-state index < -0.39 is 18.0 Å². The summed E-state index contributed by atoms with van der Waals surface area (Å²) in [6.07, 6.45) is 2.61. The number of imidazole rings is 1. The molecule has 0 aliphatic rings. The van der Waals surface area contributed by atoms with Crippen LogP contribution in [0.5, 0.6) is 5.75 Å². The van der Waals surface area contributed by atoms with Crippen LogP contribution in [0.15, 0.2) is 128 Å². The van der Waals surface area contributed by atoms with Gasteiger partial charge in [-0.25, -0.2) is 9.78 Å². The number of rotatable bonds is 16. The van der Waals surface area contributed by atoms with E-state index in [1.807, 2.05) is 115 Å². The van der Waals surface area contributed by atoms with Crippen molar-refractivity contribution in [2.24, 2.45) is 0 Å². The minimum absolute atomic E-state index is 0.0526. The fraction of sp³-hybridized carbons (Fsp3) is 0.268. The molecule has 10 nitrogen and oxygen atoms in total. The second-order valence-electron chi connectivity index (χ2n) is 13.1. The van der Waals surface area contributed by atoms with Gasteiger partial charge in [-0.2, -0.15) is 0 Å². The number of ether oxygens (including phenoxy) is 2. The maximum atomic E-state index is 14.5. The number of carbonyl (C=O) groups excluding carboxylic acids is 3. The Hall–Kier alpha value is -5.90. The van der Waals surface area contributed by atoms with Crippen molar-refractivity contribution >= 4 is 17.9 Å². The highest BCUT2D eigenvalue weighted by Crippen LogP contribution is 2.22. The third kappa shape index (κ3) is 10.8. The van der Waals surface area contributed by atoms with Crippen molar-refractivity contribution in [2.45, 2.75) is 51.5 Å². The minimum Gasteiger partial charge on any atom is -0.489 e. The van der Waals surface area contributed by atoms with Crippen molar-refractivity contribution in [1.82, 2.24) is 25.1 Å². The van der Waals surface area contributed by atoms with E-state index in [0.717, 1.165) is 22.3 Å². The first-order chi connectivity index (χ1) is 24.7. The van der Waals surface area contributed by atoms with E-state index in [-0.39, 0.29) is 37.4 Å². The van der Waals surface area contributed by atoms with Gasteiger partial charge in [0.15, 0.2) is 0 Å². The smallest absolute Gasteiger partial charge is 0.410 e. The maximum absolute atomic E-state index is 14.5. The standard InChI is InChI=1S/C41H45N5O5/c1-41(2,34-17-11-6-12-18-34)29-43-38(47)26-46(25-31-19-21-36(22-20-31)50-27-32-13-7-4-8-14-32)39(48)37(23-35-24-42-30-44-35)45(3)40(49)51-28-33-15-9-5-10-16-33/h4-22,24,30,37H,23,25-29H2,1-3H3,(H,42,44)(H,43,47)/t37-/m0/s1. The molecule has 2 N–H and O–H groups in total. The molecule has 4 aromatic carbocycles. The van der Waals surface area contributed by atoms with Gasteiger partial charge in [0.05, 0.1) is 12.9 Å². The molecular weight excluding hydrogens is 642 g/mol. The molecule has 264 valence electrons. The van der Waals surface area contributed by atoms with E-state index >= 15 is 0 Å². The van der Waals surface area contributed by atoms with Gasteiger partial charge in [0.2, 0.25) is 11.8 Å². The number of H-pyrrole nitrogens is 1. The van der Waals surface area contributed by atoms with Crippen LogP contribution in [0, 0.1) is 0 Å². The number of benzene rings is 4. The lowest BCUT2D eigenvalue weighted by Crippen LogP contribution is -2.53. The van der Waals surface area contributed by atoms with Gasteiger partial charge in [0.1, 0.15) is 25.0 Å². The van der Waals surface area contributed by atoms with E-state index in [9.17, 15) is 14.4 Å². The Morgan fingerprint density at radius 3 is 2.02 bits per heavy atom. The molecule has 5 aromatic rings. The summed E-state index contributed by atoms with van der Waals surface area (Å²) in [6.45, 7) is 4.87. The van der Waals surface area contributed by atoms with Gasteiger partial charge in [-0.05, 0) is 34.4 Å². The number of likely N-dealkylation sites (N-methyl/N-ethyl adjacent to an activating group) is 1. The largest absolute Gasteiger partial charge is 0.489 e. The maximum Gasteiger partial charge on any atom is 0.410 e. The molecule has 0 aliphatic heterocycles. The van der Waals surface area contributed by atoms with Gasteiger partial charge in [-0.15, -0.1) is 0 Å². The molecule has 5 rings (SSSR count). The number of carbonyl (C=O) groups is 3. The molecule has 0 bridgehead atoms. The van der Waals surface area contributed by atoms with Crippen LogP contribution in [0.2, 0.25) is 0 Å². The van der Waals surface area contributed by atoms with Crippen molar-refractivity contribution in [1.29, 1.82) is 0 Å². The van der Waals surface area contributed by atoms with Gasteiger partial charge in [-0.3, -0.25) is 14.5 Å². The summed E-state index contributed by atoms with van der Waals surface area (Å²) in [5.74, 6) is -0.0465. The first-order valence-corrected chi connectivity index (χ1v) is 17.0. The predicted molar refractivity (Wildman–Crippen MR) is 196 cm³/mol. The zero-order valence-corrected chi connectivity index (χ0v) is 29.3. The third-order valence-corrected chi connectivity index (χ3v) is 8.69. The quantitative estimate of drug-likeness (QED) is 0.126. The molecule has 0 radical (unpaired) electrons. The summed E-state index contributed by atoms with van der Waals surface area (Å²) in [6, 6.07) is 35.6. The van der Waals surface area contributed by atoms with Crippen LogP contribution in [0.1, 0.15) is 41.8 Å². The molecule has 0 saturated carbocycles. The van der Waals surface area contributed by atoms with Crippen molar-refractivity contribution in [3.8, 4) is 5.75 Å². The summed E-state index contributed by atoms with van der Waals surface area (Å²) in [7, 11) is 1.53. The first kappa shape index (κ1) is 36.4. The molecule has 10 heteroatoms. The molecule has 51 heavy (non-hydrogen) atoms. The van der Waals surface area contributed by atoms with Crippen molar-refractivity contribution < 1.29 is 23.9 Å². The fourth-order valence-corrected chi connectivity index (χ4v) is 5.56. The van der Waals surface area contributed by atoms with Crippen LogP contribution in [-0.2, 0) is 45.9 Å². The van der Waals surface area contributed by atoms with Crippen LogP contribution >= 0.6 is 0 Å². The normalized spacial score (nSPS) is 11.7. The Kier molecular flexibility index (Phi) is 12.6. The first-order valence-electron chi connectivity index (χ1n) is 17.0. The number of hydrogen-bond acceptors (Lipinski definition) is 6. The Morgan fingerprint density at radius 2 is 1.41 bits per heavy atom. The van der Waals surface area contributed by atoms with E-state index in [1.165, 1.54) is 23.2 Å². The highest BCUT2D eigenvalue weighted by molar-refractivity contribution is 5.89. The van der Waals surface area contributed by atoms with Gasteiger partial charge in [0.25, 0.3) is 0 Å². The zero-order valence-electron chi connectivity index (χ0n) is 29.3. The zero-order chi connectivity index (χ0) is 36.1. The van der Waals surface area contributed by atoms with Crippen molar-refractivity contribution in [3.63, 3.8) is 0 Å². The summed E-state index contributed by atoms with van der Waals surface area (Å²) < 4.78 is 11.6. The number of aromatic nitrogens is 2. The highest BCUT2D eigenvalue weighted by atomic mass is 16.6. The average Bonchev–Trinajstić information content (AvgIpc) is 3.69. The SMILES string of the molecule is CN(C(=O)OCc1ccccc1)[C@@H](Cc1cnc[nH]1)C(=O)N(CC(=O)NCC(C)(C)c1ccccc1)Cc1ccc(OCc2ccccc2)cc1. The van der Waals surface area contributed by atoms with Gasteiger partial charge in [0, 0.05) is 43.9 Å². The van der Waals surface area contributed by atoms with E-state index in [1.54, 1.807) is 6.20 Å². The number of hydrogen-bond donors (Lipinski definition) is 2. The Balaban J connectivity index is 1.34. The molecule has 3 amide bonds. The summed E-state index contributed by atoms with van der Waals surface area (Å²) in [5, 5.41) is 3.03. The van der Waals surface area contributed by atoms with Crippen LogP contribution in [0.25, 0.3) is 0 Å². The summed E-state index contributed by atoms with van der Waals surface area (Å²) >= 11 is 0. The summed E-state index contributed by atoms with van der Waals surface area (Å²) in [4.78, 5) is 51.3. The van der Waals surface area contributed by atoms with Crippen molar-refractivity contribution in [3.05, 3.63) is 156 Å². The van der Waals surface area contributed by atoms with Gasteiger partial charge < -0.3 is 24.7 Å². The monoisotopic (exact) mass is 687 g/mol. The Bertz CT molecular complexity index is 1820. The molecule has 1 heterocycles. The fourth-order valence-electron chi connectivity index (χ4n) is 5.56. The molecule has 1 aromatic heterocycles. The van der Waals surface area contributed by atoms with E-state index in [2.05, 4.69) is 29.1 Å². The number of nitrogens with one attached hydrogen (secondary N) is 2. The minimum atomic E-state index is -0.990. The number of aromatic amines is 1. The number of nitrogens with zero attached hydrogens (tertiary/aromatic N) is 3. The second-order valence-corrected chi connectivity index (χ2v) is 13.1. The van der Waals surface area contributed by atoms with Crippen LogP contribution in [-0.4, -0.2) is 63.9 Å². The molecule has 1 atom stereocenters. The third-order valence-electron chi connectivity index (χ3n) is 8.69. The Morgan fingerprint density at radius 1 is 0.804 bits per heavy atom. The van der Waals surface area contributed by atoms with Gasteiger partial charge >= 0.3 is 6.09 Å². The Labute approximate surface area is 299 Å². The molecule has 0 saturated heterocycles. The van der Waals surface area contributed by atoms with Crippen molar-refractivity contribution in [2.75, 3.05) is 20.1 Å². The van der Waals surface area contributed by atoms with E-state index in [0.29, 0.717) is 24.6 Å². The molecular formula is C41H45N5O5. The van der Waals surface area contributed by atoms with Crippen LogP contribution in [0.3, 0.4) is 0 Å². The number of amides is 3. The van der Waals surface area contributed by atoms with Crippen LogP contribution in [0.4, 0.5) is 4.79 Å². The lowest BCUT2D eigenvalue weighted by molar-refractivity contribution is -0.140. The topological polar surface area (TPSA) is 117 Å². The second kappa shape index (κ2) is 17.7. The lowest BCUT2D eigenvalue weighted by atomic mass is 9.84. The lowest BCUT2D eigenvalue weighted by Gasteiger charge is -2.32. The molecule has 0 fully saturated rings. The molecule has 0 spiro atoms.